The van der Waals surface area contributed by atoms with Crippen LogP contribution in [0.1, 0.15) is 5.56 Å². The van der Waals surface area contributed by atoms with E-state index in [9.17, 15) is 4.79 Å². The Morgan fingerprint density at radius 3 is 2.87 bits per heavy atom. The molecule has 0 fully saturated rings. The second kappa shape index (κ2) is 8.33. The van der Waals surface area contributed by atoms with E-state index in [1.54, 1.807) is 11.3 Å². The van der Waals surface area contributed by atoms with Crippen molar-refractivity contribution in [2.45, 2.75) is 11.6 Å². The Morgan fingerprint density at radius 2 is 1.97 bits per heavy atom. The molecule has 150 valence electrons. The number of thioether (sulfide) groups is 1. The number of carbonyl (C=O) groups excluding carboxylic acids is 1. The van der Waals surface area contributed by atoms with Gasteiger partial charge in [-0.2, -0.15) is 0 Å². The monoisotopic (exact) mass is 435 g/mol. The van der Waals surface area contributed by atoms with E-state index < -0.39 is 0 Å². The molecule has 4 aromatic rings. The van der Waals surface area contributed by atoms with E-state index in [2.05, 4.69) is 10.3 Å². The standard InChI is InChI=1S/C22H17N3O3S2/c26-20(23-11-14-7-8-17-18(10-14)28-13-27-17)12-30-22-15-4-1-2-5-16(15)24-21(25-22)19-6-3-9-29-19/h1-10H,11-13H2,(H,23,26). The molecule has 1 N–H and O–H groups in total. The lowest BCUT2D eigenvalue weighted by atomic mass is 10.2. The van der Waals surface area contributed by atoms with Crippen LogP contribution in [0.4, 0.5) is 0 Å². The first-order valence-electron chi connectivity index (χ1n) is 9.35. The van der Waals surface area contributed by atoms with Crippen LogP contribution in [0, 0.1) is 0 Å². The minimum Gasteiger partial charge on any atom is -0.454 e. The molecule has 0 spiro atoms. The van der Waals surface area contributed by atoms with Gasteiger partial charge >= 0.3 is 0 Å². The highest BCUT2D eigenvalue weighted by Gasteiger charge is 2.14. The van der Waals surface area contributed by atoms with E-state index in [1.807, 2.05) is 60.0 Å². The molecule has 0 unspecified atom stereocenters. The first kappa shape index (κ1) is 18.9. The number of amides is 1. The van der Waals surface area contributed by atoms with Crippen LogP contribution in [-0.2, 0) is 11.3 Å². The van der Waals surface area contributed by atoms with E-state index >= 15 is 0 Å². The van der Waals surface area contributed by atoms with Gasteiger partial charge < -0.3 is 14.8 Å². The maximum Gasteiger partial charge on any atom is 0.231 e. The number of fused-ring (bicyclic) bond motifs is 2. The van der Waals surface area contributed by atoms with Crippen molar-refractivity contribution < 1.29 is 14.3 Å². The Morgan fingerprint density at radius 1 is 1.07 bits per heavy atom. The summed E-state index contributed by atoms with van der Waals surface area (Å²) in [5.74, 6) is 2.35. The van der Waals surface area contributed by atoms with Crippen LogP contribution >= 0.6 is 23.1 Å². The van der Waals surface area contributed by atoms with Gasteiger partial charge in [0.15, 0.2) is 17.3 Å². The van der Waals surface area contributed by atoms with Gasteiger partial charge in [0.2, 0.25) is 12.7 Å². The largest absolute Gasteiger partial charge is 0.454 e. The number of carbonyl (C=O) groups is 1. The molecule has 8 heteroatoms. The summed E-state index contributed by atoms with van der Waals surface area (Å²) in [5, 5.41) is 6.72. The smallest absolute Gasteiger partial charge is 0.231 e. The van der Waals surface area contributed by atoms with E-state index in [4.69, 9.17) is 14.5 Å². The minimum atomic E-state index is -0.0574. The topological polar surface area (TPSA) is 73.3 Å². The second-order valence-electron chi connectivity index (χ2n) is 6.60. The van der Waals surface area contributed by atoms with Crippen LogP contribution in [-0.4, -0.2) is 28.4 Å². The molecular formula is C22H17N3O3S2. The van der Waals surface area contributed by atoms with E-state index in [-0.39, 0.29) is 18.5 Å². The Labute approximate surface area is 181 Å². The predicted molar refractivity (Wildman–Crippen MR) is 118 cm³/mol. The van der Waals surface area contributed by atoms with Crippen molar-refractivity contribution in [1.29, 1.82) is 0 Å². The van der Waals surface area contributed by atoms with Gasteiger partial charge in [0.1, 0.15) is 5.03 Å². The zero-order valence-corrected chi connectivity index (χ0v) is 17.5. The third-order valence-corrected chi connectivity index (χ3v) is 6.43. The third kappa shape index (κ3) is 3.96. The van der Waals surface area contributed by atoms with Gasteiger partial charge in [0, 0.05) is 11.9 Å². The number of hydrogen-bond acceptors (Lipinski definition) is 7. The van der Waals surface area contributed by atoms with Gasteiger partial charge in [0.25, 0.3) is 0 Å². The number of nitrogens with zero attached hydrogens (tertiary/aromatic N) is 2. The molecule has 30 heavy (non-hydrogen) atoms. The van der Waals surface area contributed by atoms with E-state index in [0.717, 1.165) is 32.1 Å². The molecule has 3 heterocycles. The SMILES string of the molecule is O=C(CSc1nc(-c2cccs2)nc2ccccc12)NCc1ccc2c(c1)OCO2. The lowest BCUT2D eigenvalue weighted by Crippen LogP contribution is -2.24. The maximum absolute atomic E-state index is 12.4. The molecule has 6 nitrogen and oxygen atoms in total. The summed E-state index contributed by atoms with van der Waals surface area (Å²) < 4.78 is 10.7. The zero-order chi connectivity index (χ0) is 20.3. The summed E-state index contributed by atoms with van der Waals surface area (Å²) >= 11 is 3.02. The number of rotatable bonds is 6. The van der Waals surface area contributed by atoms with Crippen molar-refractivity contribution in [3.05, 3.63) is 65.5 Å². The van der Waals surface area contributed by atoms with Crippen molar-refractivity contribution in [2.24, 2.45) is 0 Å². The zero-order valence-electron chi connectivity index (χ0n) is 15.8. The molecule has 0 aliphatic carbocycles. The summed E-state index contributed by atoms with van der Waals surface area (Å²) in [6.45, 7) is 0.670. The Bertz CT molecular complexity index is 1210. The predicted octanol–water partition coefficient (Wildman–Crippen LogP) is 4.50. The first-order valence-corrected chi connectivity index (χ1v) is 11.2. The molecule has 2 aromatic heterocycles. The number of benzene rings is 2. The average Bonchev–Trinajstić information content (AvgIpc) is 3.47. The van der Waals surface area contributed by atoms with Crippen molar-refractivity contribution in [1.82, 2.24) is 15.3 Å². The molecule has 5 rings (SSSR count). The Hall–Kier alpha value is -3.10. The van der Waals surface area contributed by atoms with Gasteiger partial charge in [-0.3, -0.25) is 4.79 Å². The van der Waals surface area contributed by atoms with Gasteiger partial charge in [-0.1, -0.05) is 42.1 Å². The first-order chi connectivity index (χ1) is 14.8. The summed E-state index contributed by atoms with van der Waals surface area (Å²) in [6, 6.07) is 17.5. The molecule has 1 aliphatic rings. The van der Waals surface area contributed by atoms with Gasteiger partial charge in [0.05, 0.1) is 16.1 Å². The molecule has 0 bridgehead atoms. The van der Waals surface area contributed by atoms with E-state index in [0.29, 0.717) is 18.1 Å². The van der Waals surface area contributed by atoms with Crippen LogP contribution in [0.25, 0.3) is 21.6 Å². The van der Waals surface area contributed by atoms with Crippen molar-refractivity contribution in [2.75, 3.05) is 12.5 Å². The lowest BCUT2D eigenvalue weighted by Gasteiger charge is -2.09. The van der Waals surface area contributed by atoms with Crippen LogP contribution < -0.4 is 14.8 Å². The highest BCUT2D eigenvalue weighted by molar-refractivity contribution is 8.00. The number of nitrogens with one attached hydrogen (secondary N) is 1. The summed E-state index contributed by atoms with van der Waals surface area (Å²) in [6.07, 6.45) is 0. The van der Waals surface area contributed by atoms with Crippen LogP contribution in [0.15, 0.2) is 65.0 Å². The van der Waals surface area contributed by atoms with Crippen LogP contribution in [0.3, 0.4) is 0 Å². The minimum absolute atomic E-state index is 0.0574. The van der Waals surface area contributed by atoms with Gasteiger partial charge in [-0.05, 0) is 35.2 Å². The highest BCUT2D eigenvalue weighted by Crippen LogP contribution is 2.32. The van der Waals surface area contributed by atoms with Crippen LogP contribution in [0.5, 0.6) is 11.5 Å². The summed E-state index contributed by atoms with van der Waals surface area (Å²) in [4.78, 5) is 22.9. The number of aromatic nitrogens is 2. The number of ether oxygens (including phenoxy) is 2. The van der Waals surface area contributed by atoms with Crippen LogP contribution in [0.2, 0.25) is 0 Å². The average molecular weight is 436 g/mol. The Balaban J connectivity index is 1.28. The molecule has 2 aromatic carbocycles. The molecule has 0 atom stereocenters. The molecular weight excluding hydrogens is 418 g/mol. The fourth-order valence-electron chi connectivity index (χ4n) is 3.11. The normalized spacial score (nSPS) is 12.3. The fraction of sp³-hybridized carbons (Fsp3) is 0.136. The Kier molecular flexibility index (Phi) is 5.25. The number of para-hydroxylation sites is 1. The highest BCUT2D eigenvalue weighted by atomic mass is 32.2. The molecule has 1 aliphatic heterocycles. The summed E-state index contributed by atoms with van der Waals surface area (Å²) in [5.41, 5.74) is 1.84. The second-order valence-corrected chi connectivity index (χ2v) is 8.51. The molecule has 0 radical (unpaired) electrons. The number of hydrogen-bond donors (Lipinski definition) is 1. The van der Waals surface area contributed by atoms with E-state index in [1.165, 1.54) is 11.8 Å². The molecule has 0 saturated heterocycles. The molecule has 1 amide bonds. The summed E-state index contributed by atoms with van der Waals surface area (Å²) in [7, 11) is 0. The maximum atomic E-state index is 12.4. The lowest BCUT2D eigenvalue weighted by molar-refractivity contribution is -0.118. The van der Waals surface area contributed by atoms with Gasteiger partial charge in [-0.25, -0.2) is 9.97 Å². The van der Waals surface area contributed by atoms with Crippen molar-refractivity contribution in [3.63, 3.8) is 0 Å². The third-order valence-electron chi connectivity index (χ3n) is 4.58. The van der Waals surface area contributed by atoms with Crippen molar-refractivity contribution in [3.8, 4) is 22.2 Å². The van der Waals surface area contributed by atoms with Crippen molar-refractivity contribution >= 4 is 39.9 Å². The molecule has 0 saturated carbocycles. The quantitative estimate of drug-likeness (QED) is 0.355. The van der Waals surface area contributed by atoms with Gasteiger partial charge in [-0.15, -0.1) is 11.3 Å². The fourth-order valence-corrected chi connectivity index (χ4v) is 4.62. The number of thiophene rings is 1.